The molecule has 0 saturated heterocycles. The number of ether oxygens (including phenoxy) is 1. The van der Waals surface area contributed by atoms with Crippen LogP contribution < -0.4 is 4.74 Å². The summed E-state index contributed by atoms with van der Waals surface area (Å²) in [5, 5.41) is 11.6. The summed E-state index contributed by atoms with van der Waals surface area (Å²) in [4.78, 5) is 16.0. The Morgan fingerprint density at radius 3 is 2.36 bits per heavy atom. The van der Waals surface area contributed by atoms with Crippen molar-refractivity contribution in [1.29, 1.82) is 0 Å². The third-order valence-corrected chi connectivity index (χ3v) is 4.87. The van der Waals surface area contributed by atoms with Gasteiger partial charge in [0, 0.05) is 17.7 Å². The predicted octanol–water partition coefficient (Wildman–Crippen LogP) is 5.21. The topological polar surface area (TPSA) is 65.3 Å². The van der Waals surface area contributed by atoms with Gasteiger partial charge in [-0.05, 0) is 42.8 Å². The number of aromatic nitrogens is 1. The van der Waals surface area contributed by atoms with Crippen LogP contribution in [0.25, 0.3) is 22.7 Å². The monoisotopic (exact) mass is 352 g/mol. The molecule has 0 atom stereocenters. The Morgan fingerprint density at radius 2 is 1.76 bits per heavy atom. The first kappa shape index (κ1) is 16.9. The molecule has 0 aliphatic heterocycles. The number of aryl methyl sites for hydroxylation is 1. The van der Waals surface area contributed by atoms with Gasteiger partial charge in [0.15, 0.2) is 0 Å². The molecule has 1 aromatic heterocycles. The maximum Gasteiger partial charge on any atom is 0.269 e. The largest absolute Gasteiger partial charge is 0.497 e. The van der Waals surface area contributed by atoms with Gasteiger partial charge in [-0.15, -0.1) is 11.3 Å². The van der Waals surface area contributed by atoms with E-state index in [0.29, 0.717) is 0 Å². The van der Waals surface area contributed by atoms with Crippen molar-refractivity contribution in [3.63, 3.8) is 0 Å². The lowest BCUT2D eigenvalue weighted by Crippen LogP contribution is -1.86. The van der Waals surface area contributed by atoms with Gasteiger partial charge in [0.05, 0.1) is 22.6 Å². The normalized spacial score (nSPS) is 11.0. The van der Waals surface area contributed by atoms with Gasteiger partial charge in [0.1, 0.15) is 10.8 Å². The van der Waals surface area contributed by atoms with E-state index in [9.17, 15) is 10.1 Å². The molecule has 0 bridgehead atoms. The molecule has 0 aliphatic carbocycles. The number of hydrogen-bond acceptors (Lipinski definition) is 5. The molecule has 0 amide bonds. The molecule has 0 fully saturated rings. The van der Waals surface area contributed by atoms with Gasteiger partial charge in [0.25, 0.3) is 5.69 Å². The van der Waals surface area contributed by atoms with E-state index in [0.717, 1.165) is 32.5 Å². The van der Waals surface area contributed by atoms with Crippen molar-refractivity contribution < 1.29 is 9.66 Å². The Morgan fingerprint density at radius 1 is 1.08 bits per heavy atom. The van der Waals surface area contributed by atoms with Crippen molar-refractivity contribution in [2.24, 2.45) is 0 Å². The van der Waals surface area contributed by atoms with Gasteiger partial charge < -0.3 is 4.74 Å². The molecule has 25 heavy (non-hydrogen) atoms. The predicted molar refractivity (Wildman–Crippen MR) is 101 cm³/mol. The summed E-state index contributed by atoms with van der Waals surface area (Å²) in [5.74, 6) is 0.826. The average molecular weight is 352 g/mol. The van der Waals surface area contributed by atoms with Gasteiger partial charge in [-0.1, -0.05) is 18.2 Å². The Kier molecular flexibility index (Phi) is 4.90. The summed E-state index contributed by atoms with van der Waals surface area (Å²) in [5.41, 5.74) is 2.97. The summed E-state index contributed by atoms with van der Waals surface area (Å²) in [6, 6.07) is 14.3. The molecule has 2 aromatic carbocycles. The minimum Gasteiger partial charge on any atom is -0.497 e. The van der Waals surface area contributed by atoms with Gasteiger partial charge in [-0.2, -0.15) is 0 Å². The zero-order chi connectivity index (χ0) is 17.8. The van der Waals surface area contributed by atoms with Gasteiger partial charge in [0.2, 0.25) is 0 Å². The summed E-state index contributed by atoms with van der Waals surface area (Å²) >= 11 is 1.56. The van der Waals surface area contributed by atoms with E-state index in [4.69, 9.17) is 4.74 Å². The molecule has 0 N–H and O–H groups in total. The van der Waals surface area contributed by atoms with Crippen LogP contribution in [0.15, 0.2) is 48.5 Å². The minimum absolute atomic E-state index is 0.0802. The van der Waals surface area contributed by atoms with Crippen molar-refractivity contribution >= 4 is 29.2 Å². The Balaban J connectivity index is 1.81. The Hall–Kier alpha value is -2.99. The Bertz CT molecular complexity index is 913. The number of benzene rings is 2. The van der Waals surface area contributed by atoms with E-state index in [2.05, 4.69) is 4.98 Å². The van der Waals surface area contributed by atoms with Crippen LogP contribution in [0.4, 0.5) is 5.69 Å². The van der Waals surface area contributed by atoms with E-state index in [-0.39, 0.29) is 5.69 Å². The van der Waals surface area contributed by atoms with Crippen LogP contribution in [0.5, 0.6) is 5.75 Å². The van der Waals surface area contributed by atoms with E-state index in [1.807, 2.05) is 43.3 Å². The van der Waals surface area contributed by atoms with Gasteiger partial charge in [-0.3, -0.25) is 10.1 Å². The molecule has 0 unspecified atom stereocenters. The first-order chi connectivity index (χ1) is 12.1. The van der Waals surface area contributed by atoms with Crippen LogP contribution in [-0.4, -0.2) is 17.0 Å². The minimum atomic E-state index is -0.403. The van der Waals surface area contributed by atoms with E-state index in [1.54, 1.807) is 30.6 Å². The SMILES string of the molecule is COc1ccc(/C=C/c2sc(-c3ccc([N+](=O)[O-])cc3)nc2C)cc1. The summed E-state index contributed by atoms with van der Waals surface area (Å²) in [6.07, 6.45) is 4.06. The third-order valence-electron chi connectivity index (χ3n) is 3.70. The van der Waals surface area contributed by atoms with E-state index >= 15 is 0 Å². The van der Waals surface area contributed by atoms with Crippen LogP contribution in [0.3, 0.4) is 0 Å². The zero-order valence-electron chi connectivity index (χ0n) is 13.8. The Labute approximate surface area is 149 Å². The van der Waals surface area contributed by atoms with Crippen LogP contribution >= 0.6 is 11.3 Å². The summed E-state index contributed by atoms with van der Waals surface area (Å²) in [7, 11) is 1.64. The fourth-order valence-electron chi connectivity index (χ4n) is 2.30. The molecule has 3 rings (SSSR count). The van der Waals surface area contributed by atoms with Crippen molar-refractivity contribution in [2.75, 3.05) is 7.11 Å². The van der Waals surface area contributed by atoms with Crippen LogP contribution in [0, 0.1) is 17.0 Å². The standard InChI is InChI=1S/C19H16N2O3S/c1-13-18(12-5-14-3-10-17(24-2)11-4-14)25-19(20-13)15-6-8-16(9-7-15)21(22)23/h3-12H,1-2H3/b12-5+. The number of nitro groups is 1. The van der Waals surface area contributed by atoms with Crippen molar-refractivity contribution in [3.8, 4) is 16.3 Å². The van der Waals surface area contributed by atoms with Crippen LogP contribution in [0.2, 0.25) is 0 Å². The van der Waals surface area contributed by atoms with Crippen molar-refractivity contribution in [1.82, 2.24) is 4.98 Å². The highest BCUT2D eigenvalue weighted by atomic mass is 32.1. The number of non-ortho nitro benzene ring substituents is 1. The first-order valence-corrected chi connectivity index (χ1v) is 8.43. The number of nitro benzene ring substituents is 1. The van der Waals surface area contributed by atoms with Gasteiger partial charge >= 0.3 is 0 Å². The van der Waals surface area contributed by atoms with Crippen LogP contribution in [-0.2, 0) is 0 Å². The van der Waals surface area contributed by atoms with E-state index in [1.165, 1.54) is 12.1 Å². The molecule has 0 radical (unpaired) electrons. The maximum absolute atomic E-state index is 10.7. The third kappa shape index (κ3) is 3.92. The molecule has 0 aliphatic rings. The highest BCUT2D eigenvalue weighted by Gasteiger charge is 2.10. The lowest BCUT2D eigenvalue weighted by atomic mass is 10.2. The molecular formula is C19H16N2O3S. The lowest BCUT2D eigenvalue weighted by molar-refractivity contribution is -0.384. The molecule has 3 aromatic rings. The second kappa shape index (κ2) is 7.27. The summed E-state index contributed by atoms with van der Waals surface area (Å²) < 4.78 is 5.15. The number of methoxy groups -OCH3 is 1. The molecule has 1 heterocycles. The van der Waals surface area contributed by atoms with E-state index < -0.39 is 4.92 Å². The van der Waals surface area contributed by atoms with Gasteiger partial charge in [-0.25, -0.2) is 4.98 Å². The lowest BCUT2D eigenvalue weighted by Gasteiger charge is -1.98. The second-order valence-electron chi connectivity index (χ2n) is 5.38. The molecular weight excluding hydrogens is 336 g/mol. The first-order valence-electron chi connectivity index (χ1n) is 7.61. The summed E-state index contributed by atoms with van der Waals surface area (Å²) in [6.45, 7) is 1.96. The van der Waals surface area contributed by atoms with Crippen molar-refractivity contribution in [2.45, 2.75) is 6.92 Å². The van der Waals surface area contributed by atoms with Crippen LogP contribution in [0.1, 0.15) is 16.1 Å². The number of rotatable bonds is 5. The number of thiazole rings is 1. The maximum atomic E-state index is 10.7. The molecule has 0 spiro atoms. The van der Waals surface area contributed by atoms with Crippen molar-refractivity contribution in [3.05, 3.63) is 74.8 Å². The average Bonchev–Trinajstić information content (AvgIpc) is 3.01. The highest BCUT2D eigenvalue weighted by molar-refractivity contribution is 7.16. The molecule has 5 nitrogen and oxygen atoms in total. The molecule has 6 heteroatoms. The smallest absolute Gasteiger partial charge is 0.269 e. The molecule has 0 saturated carbocycles. The fraction of sp³-hybridized carbons (Fsp3) is 0.105. The fourth-order valence-corrected chi connectivity index (χ4v) is 3.27. The molecule has 126 valence electrons. The second-order valence-corrected chi connectivity index (χ2v) is 6.41. The number of hydrogen-bond donors (Lipinski definition) is 0. The quantitative estimate of drug-likeness (QED) is 0.467. The number of nitrogens with zero attached hydrogens (tertiary/aromatic N) is 2. The zero-order valence-corrected chi connectivity index (χ0v) is 14.6. The highest BCUT2D eigenvalue weighted by Crippen LogP contribution is 2.30.